The number of hydrogen-bond acceptors (Lipinski definition) is 4. The highest BCUT2D eigenvalue weighted by molar-refractivity contribution is 5.96. The van der Waals surface area contributed by atoms with E-state index in [1.54, 1.807) is 25.1 Å². The molecule has 1 heterocycles. The molecule has 0 saturated heterocycles. The normalized spacial score (nSPS) is 16.1. The van der Waals surface area contributed by atoms with E-state index in [0.717, 1.165) is 0 Å². The zero-order valence-electron chi connectivity index (χ0n) is 11.3. The van der Waals surface area contributed by atoms with E-state index in [1.807, 2.05) is 0 Å². The molecule has 20 heavy (non-hydrogen) atoms. The lowest BCUT2D eigenvalue weighted by Crippen LogP contribution is -2.33. The SMILES string of the molecule is CC(O)c1ccc2c(c1)N(CCC(N)=O)C(=O)CCO2. The van der Waals surface area contributed by atoms with Gasteiger partial charge in [-0.15, -0.1) is 0 Å². The minimum absolute atomic E-state index is 0.0874. The molecule has 108 valence electrons. The van der Waals surface area contributed by atoms with Gasteiger partial charge in [0.1, 0.15) is 5.75 Å². The summed E-state index contributed by atoms with van der Waals surface area (Å²) in [6.07, 6.45) is -0.307. The minimum Gasteiger partial charge on any atom is -0.491 e. The molecule has 6 heteroatoms. The molecule has 2 amide bonds. The minimum atomic E-state index is -0.642. The van der Waals surface area contributed by atoms with Crippen LogP contribution >= 0.6 is 0 Å². The number of anilines is 1. The molecule has 0 saturated carbocycles. The predicted octanol–water partition coefficient (Wildman–Crippen LogP) is 0.731. The fourth-order valence-electron chi connectivity index (χ4n) is 2.11. The number of primary amides is 1. The third-order valence-electron chi connectivity index (χ3n) is 3.21. The van der Waals surface area contributed by atoms with Crippen LogP contribution in [0.3, 0.4) is 0 Å². The lowest BCUT2D eigenvalue weighted by molar-refractivity contribution is -0.119. The van der Waals surface area contributed by atoms with Gasteiger partial charge in [0.05, 0.1) is 24.8 Å². The first-order valence-corrected chi connectivity index (χ1v) is 6.52. The van der Waals surface area contributed by atoms with E-state index in [1.165, 1.54) is 4.90 Å². The van der Waals surface area contributed by atoms with Crippen molar-refractivity contribution in [2.24, 2.45) is 5.73 Å². The quantitative estimate of drug-likeness (QED) is 0.849. The van der Waals surface area contributed by atoms with E-state index >= 15 is 0 Å². The zero-order valence-corrected chi connectivity index (χ0v) is 11.3. The average molecular weight is 278 g/mol. The second kappa shape index (κ2) is 5.92. The van der Waals surface area contributed by atoms with Crippen molar-refractivity contribution in [1.29, 1.82) is 0 Å². The van der Waals surface area contributed by atoms with Crippen molar-refractivity contribution in [2.45, 2.75) is 25.9 Å². The number of carbonyl (C=O) groups excluding carboxylic acids is 2. The van der Waals surface area contributed by atoms with Crippen LogP contribution in [0.4, 0.5) is 5.69 Å². The molecular formula is C14H18N2O4. The largest absolute Gasteiger partial charge is 0.491 e. The number of aliphatic hydroxyl groups is 1. The van der Waals surface area contributed by atoms with Crippen LogP contribution < -0.4 is 15.4 Å². The molecule has 1 aliphatic heterocycles. The Labute approximate surface area is 117 Å². The maximum Gasteiger partial charge on any atom is 0.230 e. The summed E-state index contributed by atoms with van der Waals surface area (Å²) in [7, 11) is 0. The standard InChI is InChI=1S/C14H18N2O4/c1-9(17)10-2-3-12-11(8-10)16(6-4-13(15)18)14(19)5-7-20-12/h2-3,8-9,17H,4-7H2,1H3,(H2,15,18). The molecular weight excluding hydrogens is 260 g/mol. The molecule has 1 atom stereocenters. The number of fused-ring (bicyclic) bond motifs is 1. The lowest BCUT2D eigenvalue weighted by atomic mass is 10.1. The molecule has 1 aromatic rings. The fourth-order valence-corrected chi connectivity index (χ4v) is 2.11. The number of aliphatic hydroxyl groups excluding tert-OH is 1. The van der Waals surface area contributed by atoms with Crippen LogP contribution in [-0.4, -0.2) is 30.1 Å². The smallest absolute Gasteiger partial charge is 0.230 e. The van der Waals surface area contributed by atoms with E-state index in [2.05, 4.69) is 0 Å². The van der Waals surface area contributed by atoms with Gasteiger partial charge in [-0.3, -0.25) is 9.59 Å². The van der Waals surface area contributed by atoms with Crippen LogP contribution in [0.15, 0.2) is 18.2 Å². The molecule has 0 spiro atoms. The van der Waals surface area contributed by atoms with Crippen molar-refractivity contribution in [3.63, 3.8) is 0 Å². The van der Waals surface area contributed by atoms with Gasteiger partial charge in [0, 0.05) is 13.0 Å². The van der Waals surface area contributed by atoms with Crippen LogP contribution in [0, 0.1) is 0 Å². The summed E-state index contributed by atoms with van der Waals surface area (Å²) in [4.78, 5) is 24.5. The highest BCUT2D eigenvalue weighted by atomic mass is 16.5. The van der Waals surface area contributed by atoms with Crippen molar-refractivity contribution < 1.29 is 19.4 Å². The van der Waals surface area contributed by atoms with E-state index in [4.69, 9.17) is 10.5 Å². The van der Waals surface area contributed by atoms with Crippen molar-refractivity contribution >= 4 is 17.5 Å². The first-order chi connectivity index (χ1) is 9.49. The molecule has 1 aromatic carbocycles. The molecule has 0 bridgehead atoms. The summed E-state index contributed by atoms with van der Waals surface area (Å²) in [6, 6.07) is 5.20. The molecule has 6 nitrogen and oxygen atoms in total. The Morgan fingerprint density at radius 2 is 2.30 bits per heavy atom. The van der Waals surface area contributed by atoms with E-state index < -0.39 is 12.0 Å². The number of benzene rings is 1. The van der Waals surface area contributed by atoms with Gasteiger partial charge in [-0.2, -0.15) is 0 Å². The van der Waals surface area contributed by atoms with Gasteiger partial charge in [-0.1, -0.05) is 6.07 Å². The van der Waals surface area contributed by atoms with E-state index in [9.17, 15) is 14.7 Å². The molecule has 1 unspecified atom stereocenters. The first kappa shape index (κ1) is 14.3. The topological polar surface area (TPSA) is 92.9 Å². The number of rotatable bonds is 4. The number of amides is 2. The molecule has 0 fully saturated rings. The van der Waals surface area contributed by atoms with Gasteiger partial charge in [-0.05, 0) is 24.6 Å². The zero-order chi connectivity index (χ0) is 14.7. The molecule has 2 rings (SSSR count). The Kier molecular flexibility index (Phi) is 4.24. The van der Waals surface area contributed by atoms with Crippen molar-refractivity contribution in [2.75, 3.05) is 18.1 Å². The second-order valence-corrected chi connectivity index (χ2v) is 4.76. The van der Waals surface area contributed by atoms with Crippen LogP contribution in [0.25, 0.3) is 0 Å². The van der Waals surface area contributed by atoms with Crippen molar-refractivity contribution in [3.05, 3.63) is 23.8 Å². The second-order valence-electron chi connectivity index (χ2n) is 4.76. The van der Waals surface area contributed by atoms with Gasteiger partial charge >= 0.3 is 0 Å². The van der Waals surface area contributed by atoms with Crippen LogP contribution in [-0.2, 0) is 9.59 Å². The van der Waals surface area contributed by atoms with Gasteiger partial charge in [0.15, 0.2) is 0 Å². The van der Waals surface area contributed by atoms with Crippen molar-refractivity contribution in [1.82, 2.24) is 0 Å². The van der Waals surface area contributed by atoms with E-state index in [-0.39, 0.29) is 25.3 Å². The van der Waals surface area contributed by atoms with E-state index in [0.29, 0.717) is 23.6 Å². The number of nitrogens with two attached hydrogens (primary N) is 1. The third-order valence-corrected chi connectivity index (χ3v) is 3.21. The number of hydrogen-bond donors (Lipinski definition) is 2. The predicted molar refractivity (Wildman–Crippen MR) is 73.4 cm³/mol. The summed E-state index contributed by atoms with van der Waals surface area (Å²) < 4.78 is 5.53. The highest BCUT2D eigenvalue weighted by Gasteiger charge is 2.24. The number of nitrogens with zero attached hydrogens (tertiary/aromatic N) is 1. The lowest BCUT2D eigenvalue weighted by Gasteiger charge is -2.22. The summed E-state index contributed by atoms with van der Waals surface area (Å²) in [5.41, 5.74) is 6.41. The number of carbonyl (C=O) groups is 2. The Morgan fingerprint density at radius 3 is 2.95 bits per heavy atom. The van der Waals surface area contributed by atoms with Crippen LogP contribution in [0.5, 0.6) is 5.75 Å². The average Bonchev–Trinajstić information content (AvgIpc) is 2.54. The fraction of sp³-hybridized carbons (Fsp3) is 0.429. The molecule has 3 N–H and O–H groups in total. The maximum absolute atomic E-state index is 12.1. The van der Waals surface area contributed by atoms with Crippen LogP contribution in [0.1, 0.15) is 31.4 Å². The summed E-state index contributed by atoms with van der Waals surface area (Å²) >= 11 is 0. The molecule has 0 radical (unpaired) electrons. The molecule has 0 aromatic heterocycles. The van der Waals surface area contributed by atoms with Gasteiger partial charge < -0.3 is 20.5 Å². The van der Waals surface area contributed by atoms with Crippen molar-refractivity contribution in [3.8, 4) is 5.75 Å². The Bertz CT molecular complexity index is 528. The molecule has 1 aliphatic rings. The number of ether oxygens (including phenoxy) is 1. The monoisotopic (exact) mass is 278 g/mol. The van der Waals surface area contributed by atoms with Crippen LogP contribution in [0.2, 0.25) is 0 Å². The highest BCUT2D eigenvalue weighted by Crippen LogP contribution is 2.34. The summed E-state index contributed by atoms with van der Waals surface area (Å²) in [5.74, 6) is -0.00587. The summed E-state index contributed by atoms with van der Waals surface area (Å²) in [5, 5.41) is 9.65. The Balaban J connectivity index is 2.37. The third kappa shape index (κ3) is 3.08. The first-order valence-electron chi connectivity index (χ1n) is 6.52. The van der Waals surface area contributed by atoms with Gasteiger partial charge in [0.2, 0.25) is 11.8 Å². The van der Waals surface area contributed by atoms with Gasteiger partial charge in [-0.25, -0.2) is 0 Å². The summed E-state index contributed by atoms with van der Waals surface area (Å²) in [6.45, 7) is 2.16. The Hall–Kier alpha value is -2.08. The molecule has 0 aliphatic carbocycles. The van der Waals surface area contributed by atoms with Gasteiger partial charge in [0.25, 0.3) is 0 Å². The Morgan fingerprint density at radius 1 is 1.55 bits per heavy atom. The maximum atomic E-state index is 12.1.